The van der Waals surface area contributed by atoms with Crippen LogP contribution in [-0.4, -0.2) is 39.9 Å². The van der Waals surface area contributed by atoms with Gasteiger partial charge in [-0.15, -0.1) is 0 Å². The highest BCUT2D eigenvalue weighted by atomic mass is 16.5. The van der Waals surface area contributed by atoms with Gasteiger partial charge in [-0.25, -0.2) is 0 Å². The van der Waals surface area contributed by atoms with Crippen molar-refractivity contribution in [3.63, 3.8) is 0 Å². The van der Waals surface area contributed by atoms with E-state index < -0.39 is 0 Å². The van der Waals surface area contributed by atoms with E-state index in [9.17, 15) is 0 Å². The molecule has 1 aromatic carbocycles. The minimum atomic E-state index is 0.673. The lowest BCUT2D eigenvalue weighted by Crippen LogP contribution is -2.38. The van der Waals surface area contributed by atoms with Gasteiger partial charge in [0, 0.05) is 32.3 Å². The number of rotatable bonds is 8. The van der Waals surface area contributed by atoms with Crippen molar-refractivity contribution in [2.75, 3.05) is 33.9 Å². The fraction of sp³-hybridized carbons (Fsp3) is 0.562. The summed E-state index contributed by atoms with van der Waals surface area (Å²) in [5.41, 5.74) is 1.10. The molecule has 0 unspecified atom stereocenters. The van der Waals surface area contributed by atoms with Gasteiger partial charge in [0.2, 0.25) is 0 Å². The molecule has 0 radical (unpaired) electrons. The van der Waals surface area contributed by atoms with Crippen LogP contribution in [0.3, 0.4) is 0 Å². The van der Waals surface area contributed by atoms with Gasteiger partial charge < -0.3 is 20.1 Å². The number of methoxy groups -OCH3 is 1. The van der Waals surface area contributed by atoms with Crippen molar-refractivity contribution in [1.29, 1.82) is 0 Å². The van der Waals surface area contributed by atoms with Crippen molar-refractivity contribution in [2.45, 2.75) is 19.4 Å². The molecule has 21 heavy (non-hydrogen) atoms. The Hall–Kier alpha value is -1.75. The Kier molecular flexibility index (Phi) is 6.34. The molecule has 1 fully saturated rings. The molecule has 1 aromatic rings. The first-order chi connectivity index (χ1) is 10.3. The third-order valence-electron chi connectivity index (χ3n) is 3.45. The van der Waals surface area contributed by atoms with Crippen molar-refractivity contribution in [3.8, 4) is 5.75 Å². The molecule has 0 aromatic heterocycles. The van der Waals surface area contributed by atoms with Crippen LogP contribution < -0.4 is 15.4 Å². The third kappa shape index (κ3) is 5.63. The van der Waals surface area contributed by atoms with E-state index in [4.69, 9.17) is 9.47 Å². The van der Waals surface area contributed by atoms with E-state index in [1.54, 1.807) is 14.2 Å². The normalized spacial score (nSPS) is 14.9. The molecule has 1 aliphatic rings. The summed E-state index contributed by atoms with van der Waals surface area (Å²) < 4.78 is 10.9. The van der Waals surface area contributed by atoms with E-state index >= 15 is 0 Å². The number of aliphatic imine (C=N–C) groups is 1. The molecule has 0 aliphatic heterocycles. The van der Waals surface area contributed by atoms with E-state index in [0.717, 1.165) is 36.3 Å². The summed E-state index contributed by atoms with van der Waals surface area (Å²) in [5, 5.41) is 6.52. The van der Waals surface area contributed by atoms with Crippen molar-refractivity contribution < 1.29 is 9.47 Å². The maximum absolute atomic E-state index is 5.59. The zero-order valence-electron chi connectivity index (χ0n) is 12.9. The maximum atomic E-state index is 5.59. The lowest BCUT2D eigenvalue weighted by molar-refractivity contribution is 0.129. The Morgan fingerprint density at radius 2 is 2.10 bits per heavy atom. The summed E-state index contributed by atoms with van der Waals surface area (Å²) in [6, 6.07) is 7.96. The second-order valence-corrected chi connectivity index (χ2v) is 5.18. The summed E-state index contributed by atoms with van der Waals surface area (Å²) in [4.78, 5) is 4.20. The van der Waals surface area contributed by atoms with E-state index in [1.807, 2.05) is 24.3 Å². The molecule has 0 bridgehead atoms. The number of benzene rings is 1. The van der Waals surface area contributed by atoms with E-state index in [-0.39, 0.29) is 0 Å². The number of ether oxygens (including phenoxy) is 2. The largest absolute Gasteiger partial charge is 0.496 e. The molecule has 0 atom stereocenters. The molecule has 1 saturated carbocycles. The second-order valence-electron chi connectivity index (χ2n) is 5.18. The number of nitrogens with one attached hydrogen (secondary N) is 2. The third-order valence-corrected chi connectivity index (χ3v) is 3.45. The fourth-order valence-electron chi connectivity index (χ4n) is 2.02. The molecule has 1 aliphatic carbocycles. The van der Waals surface area contributed by atoms with Crippen LogP contribution in [0.4, 0.5) is 0 Å². The van der Waals surface area contributed by atoms with Gasteiger partial charge >= 0.3 is 0 Å². The molecule has 116 valence electrons. The predicted molar refractivity (Wildman–Crippen MR) is 84.7 cm³/mol. The summed E-state index contributed by atoms with van der Waals surface area (Å²) in [6.45, 7) is 3.05. The summed E-state index contributed by atoms with van der Waals surface area (Å²) >= 11 is 0. The Morgan fingerprint density at radius 1 is 1.29 bits per heavy atom. The lowest BCUT2D eigenvalue weighted by Gasteiger charge is -2.13. The highest BCUT2D eigenvalue weighted by molar-refractivity contribution is 5.79. The monoisotopic (exact) mass is 291 g/mol. The van der Waals surface area contributed by atoms with Crippen molar-refractivity contribution >= 4 is 5.96 Å². The number of hydrogen-bond acceptors (Lipinski definition) is 3. The van der Waals surface area contributed by atoms with Crippen molar-refractivity contribution in [2.24, 2.45) is 10.9 Å². The highest BCUT2D eigenvalue weighted by Crippen LogP contribution is 2.28. The molecule has 5 heteroatoms. The zero-order valence-corrected chi connectivity index (χ0v) is 12.9. The summed E-state index contributed by atoms with van der Waals surface area (Å²) in [6.07, 6.45) is 2.66. The molecule has 2 rings (SSSR count). The summed E-state index contributed by atoms with van der Waals surface area (Å²) in [5.74, 6) is 2.47. The van der Waals surface area contributed by atoms with Gasteiger partial charge in [0.1, 0.15) is 5.75 Å². The SMILES string of the molecule is CN=C(NCCOCC1CC1)NCc1ccccc1OC. The average Bonchev–Trinajstić information content (AvgIpc) is 3.34. The molecule has 2 N–H and O–H groups in total. The van der Waals surface area contributed by atoms with E-state index in [2.05, 4.69) is 15.6 Å². The first-order valence-electron chi connectivity index (χ1n) is 7.47. The van der Waals surface area contributed by atoms with E-state index in [1.165, 1.54) is 12.8 Å². The second kappa shape index (κ2) is 8.52. The van der Waals surface area contributed by atoms with Crippen LogP contribution in [0.1, 0.15) is 18.4 Å². The zero-order chi connectivity index (χ0) is 14.9. The topological polar surface area (TPSA) is 54.9 Å². The highest BCUT2D eigenvalue weighted by Gasteiger charge is 2.20. The fourth-order valence-corrected chi connectivity index (χ4v) is 2.02. The van der Waals surface area contributed by atoms with Gasteiger partial charge in [0.05, 0.1) is 13.7 Å². The molecule has 0 heterocycles. The molecular formula is C16H25N3O2. The number of hydrogen-bond donors (Lipinski definition) is 2. The predicted octanol–water partition coefficient (Wildman–Crippen LogP) is 1.79. The van der Waals surface area contributed by atoms with Gasteiger partial charge in [-0.1, -0.05) is 18.2 Å². The van der Waals surface area contributed by atoms with Gasteiger partial charge in [-0.3, -0.25) is 4.99 Å². The van der Waals surface area contributed by atoms with Crippen LogP contribution in [0.2, 0.25) is 0 Å². The van der Waals surface area contributed by atoms with Gasteiger partial charge in [-0.2, -0.15) is 0 Å². The Labute approximate surface area is 126 Å². The summed E-state index contributed by atoms with van der Waals surface area (Å²) in [7, 11) is 3.45. The number of para-hydroxylation sites is 1. The minimum Gasteiger partial charge on any atom is -0.496 e. The average molecular weight is 291 g/mol. The Balaban J connectivity index is 1.66. The first-order valence-corrected chi connectivity index (χ1v) is 7.47. The van der Waals surface area contributed by atoms with Gasteiger partial charge in [0.15, 0.2) is 5.96 Å². The smallest absolute Gasteiger partial charge is 0.191 e. The molecule has 0 amide bonds. The standard InChI is InChI=1S/C16H25N3O2/c1-17-16(18-9-10-21-12-13-7-8-13)19-11-14-5-3-4-6-15(14)20-2/h3-6,13H,7-12H2,1-2H3,(H2,17,18,19). The first kappa shape index (κ1) is 15.6. The Bertz CT molecular complexity index is 459. The van der Waals surface area contributed by atoms with Crippen molar-refractivity contribution in [3.05, 3.63) is 29.8 Å². The Morgan fingerprint density at radius 3 is 2.81 bits per heavy atom. The van der Waals surface area contributed by atoms with Crippen molar-refractivity contribution in [1.82, 2.24) is 10.6 Å². The lowest BCUT2D eigenvalue weighted by atomic mass is 10.2. The number of nitrogens with zero attached hydrogens (tertiary/aromatic N) is 1. The minimum absolute atomic E-state index is 0.673. The molecule has 0 spiro atoms. The molecule has 0 saturated heterocycles. The van der Waals surface area contributed by atoms with Crippen LogP contribution in [0.15, 0.2) is 29.3 Å². The van der Waals surface area contributed by atoms with E-state index in [0.29, 0.717) is 13.2 Å². The maximum Gasteiger partial charge on any atom is 0.191 e. The molecular weight excluding hydrogens is 266 g/mol. The quantitative estimate of drug-likeness (QED) is 0.435. The van der Waals surface area contributed by atoms with Crippen LogP contribution in [-0.2, 0) is 11.3 Å². The molecule has 5 nitrogen and oxygen atoms in total. The van der Waals surface area contributed by atoms with Crippen LogP contribution in [0, 0.1) is 5.92 Å². The van der Waals surface area contributed by atoms with Gasteiger partial charge in [0.25, 0.3) is 0 Å². The van der Waals surface area contributed by atoms with Crippen LogP contribution in [0.5, 0.6) is 5.75 Å². The van der Waals surface area contributed by atoms with Crippen LogP contribution >= 0.6 is 0 Å². The van der Waals surface area contributed by atoms with Gasteiger partial charge in [-0.05, 0) is 24.8 Å². The number of guanidine groups is 1. The van der Waals surface area contributed by atoms with Crippen LogP contribution in [0.25, 0.3) is 0 Å².